The van der Waals surface area contributed by atoms with E-state index in [1.165, 1.54) is 0 Å². The summed E-state index contributed by atoms with van der Waals surface area (Å²) in [4.78, 5) is 0. The summed E-state index contributed by atoms with van der Waals surface area (Å²) < 4.78 is 24.8. The highest BCUT2D eigenvalue weighted by atomic mass is 35.5. The van der Waals surface area contributed by atoms with Crippen LogP contribution in [0.1, 0.15) is 44.2 Å². The zero-order valence-electron chi connectivity index (χ0n) is 11.8. The van der Waals surface area contributed by atoms with Crippen LogP contribution < -0.4 is 5.32 Å². The third-order valence-corrected chi connectivity index (χ3v) is 6.49. The maximum Gasteiger partial charge on any atom is 0.155 e. The Hall–Kier alpha value is -0.580. The highest BCUT2D eigenvalue weighted by molar-refractivity contribution is 7.92. The molecular weight excluding hydrogens is 294 g/mol. The van der Waals surface area contributed by atoms with Gasteiger partial charge in [-0.15, -0.1) is 0 Å². The Bertz CT molecular complexity index is 545. The molecule has 0 spiro atoms. The van der Waals surface area contributed by atoms with Crippen LogP contribution in [0.3, 0.4) is 0 Å². The van der Waals surface area contributed by atoms with Crippen molar-refractivity contribution in [1.82, 2.24) is 5.32 Å². The van der Waals surface area contributed by atoms with Crippen molar-refractivity contribution in [2.45, 2.75) is 43.9 Å². The van der Waals surface area contributed by atoms with Gasteiger partial charge in [-0.2, -0.15) is 0 Å². The van der Waals surface area contributed by atoms with Crippen LogP contribution in [0.15, 0.2) is 24.3 Å². The van der Waals surface area contributed by atoms with Gasteiger partial charge in [0.2, 0.25) is 0 Å². The summed E-state index contributed by atoms with van der Waals surface area (Å²) in [6.45, 7) is 2.87. The molecular formula is C15H22ClNO2S. The Balaban J connectivity index is 2.34. The van der Waals surface area contributed by atoms with Crippen LogP contribution in [0.2, 0.25) is 5.02 Å². The molecule has 112 valence electrons. The van der Waals surface area contributed by atoms with Gasteiger partial charge in [-0.25, -0.2) is 8.42 Å². The van der Waals surface area contributed by atoms with E-state index in [1.807, 2.05) is 24.3 Å². The maximum atomic E-state index is 12.4. The molecule has 2 unspecified atom stereocenters. The molecule has 3 nitrogen and oxygen atoms in total. The molecule has 0 saturated carbocycles. The Labute approximate surface area is 126 Å². The lowest BCUT2D eigenvalue weighted by atomic mass is 9.99. The second-order valence-electron chi connectivity index (χ2n) is 5.35. The number of rotatable bonds is 5. The molecule has 0 aromatic heterocycles. The van der Waals surface area contributed by atoms with E-state index in [2.05, 4.69) is 12.2 Å². The van der Waals surface area contributed by atoms with Crippen LogP contribution >= 0.6 is 11.6 Å². The lowest BCUT2D eigenvalue weighted by Gasteiger charge is -2.31. The molecule has 1 N–H and O–H groups in total. The molecule has 1 fully saturated rings. The molecule has 0 radical (unpaired) electrons. The summed E-state index contributed by atoms with van der Waals surface area (Å²) in [7, 11) is -3.04. The van der Waals surface area contributed by atoms with Gasteiger partial charge in [0.05, 0.1) is 17.0 Å². The van der Waals surface area contributed by atoms with Gasteiger partial charge < -0.3 is 5.32 Å². The molecule has 2 atom stereocenters. The summed E-state index contributed by atoms with van der Waals surface area (Å²) >= 11 is 6.28. The minimum absolute atomic E-state index is 0.200. The smallest absolute Gasteiger partial charge is 0.155 e. The van der Waals surface area contributed by atoms with Crippen molar-refractivity contribution in [1.29, 1.82) is 0 Å². The van der Waals surface area contributed by atoms with E-state index in [9.17, 15) is 8.42 Å². The molecule has 1 aliphatic heterocycles. The van der Waals surface area contributed by atoms with E-state index >= 15 is 0 Å². The number of sulfone groups is 1. The predicted octanol–water partition coefficient (Wildman–Crippen LogP) is 3.35. The molecule has 0 bridgehead atoms. The molecule has 5 heteroatoms. The molecule has 0 aliphatic carbocycles. The summed E-state index contributed by atoms with van der Waals surface area (Å²) in [5.41, 5.74) is 0.901. The topological polar surface area (TPSA) is 46.2 Å². The number of nitrogens with one attached hydrogen (secondary N) is 1. The maximum absolute atomic E-state index is 12.4. The van der Waals surface area contributed by atoms with E-state index in [0.29, 0.717) is 10.8 Å². The van der Waals surface area contributed by atoms with E-state index in [-0.39, 0.29) is 11.3 Å². The predicted molar refractivity (Wildman–Crippen MR) is 83.9 cm³/mol. The van der Waals surface area contributed by atoms with Crippen molar-refractivity contribution < 1.29 is 8.42 Å². The first-order valence-corrected chi connectivity index (χ1v) is 9.35. The van der Waals surface area contributed by atoms with Gasteiger partial charge >= 0.3 is 0 Å². The highest BCUT2D eigenvalue weighted by Gasteiger charge is 2.36. The van der Waals surface area contributed by atoms with Gasteiger partial charge in [-0.3, -0.25) is 0 Å². The SMILES string of the molecule is CCCNC(c1ccccc1Cl)C1CCCCS1(=O)=O. The number of benzene rings is 1. The second kappa shape index (κ2) is 6.92. The lowest BCUT2D eigenvalue weighted by Crippen LogP contribution is -2.41. The largest absolute Gasteiger partial charge is 0.309 e. The van der Waals surface area contributed by atoms with E-state index < -0.39 is 9.84 Å². The van der Waals surface area contributed by atoms with Crippen molar-refractivity contribution in [3.63, 3.8) is 0 Å². The number of halogens is 1. The molecule has 0 amide bonds. The van der Waals surface area contributed by atoms with Gasteiger partial charge in [0.1, 0.15) is 0 Å². The Morgan fingerprint density at radius 2 is 2.10 bits per heavy atom. The molecule has 20 heavy (non-hydrogen) atoms. The van der Waals surface area contributed by atoms with Gasteiger partial charge in [-0.1, -0.05) is 43.1 Å². The zero-order valence-corrected chi connectivity index (χ0v) is 13.4. The van der Waals surface area contributed by atoms with Crippen LogP contribution in [0, 0.1) is 0 Å². The van der Waals surface area contributed by atoms with Crippen LogP contribution in [-0.2, 0) is 9.84 Å². The Morgan fingerprint density at radius 3 is 2.75 bits per heavy atom. The quantitative estimate of drug-likeness (QED) is 0.906. The minimum Gasteiger partial charge on any atom is -0.309 e. The highest BCUT2D eigenvalue weighted by Crippen LogP contribution is 2.33. The first-order valence-electron chi connectivity index (χ1n) is 7.25. The van der Waals surface area contributed by atoms with Gasteiger partial charge in [0.15, 0.2) is 9.84 Å². The van der Waals surface area contributed by atoms with Gasteiger partial charge in [0.25, 0.3) is 0 Å². The van der Waals surface area contributed by atoms with Gasteiger partial charge in [0, 0.05) is 5.02 Å². The normalized spacial score (nSPS) is 23.4. The standard InChI is InChI=1S/C15H22ClNO2S/c1-2-10-17-15(12-7-3-4-8-13(12)16)14-9-5-6-11-20(14,18)19/h3-4,7-8,14-15,17H,2,5-6,9-11H2,1H3. The zero-order chi connectivity index (χ0) is 14.6. The average molecular weight is 316 g/mol. The van der Waals surface area contributed by atoms with Crippen LogP contribution in [0.5, 0.6) is 0 Å². The molecule has 1 heterocycles. The van der Waals surface area contributed by atoms with Crippen molar-refractivity contribution in [3.05, 3.63) is 34.9 Å². The second-order valence-corrected chi connectivity index (χ2v) is 8.10. The molecule has 1 aromatic rings. The minimum atomic E-state index is -3.04. The monoisotopic (exact) mass is 315 g/mol. The fourth-order valence-corrected chi connectivity index (χ4v) is 5.17. The van der Waals surface area contributed by atoms with Gasteiger partial charge in [-0.05, 0) is 37.4 Å². The molecule has 1 aromatic carbocycles. The summed E-state index contributed by atoms with van der Waals surface area (Å²) in [6, 6.07) is 7.34. The van der Waals surface area contributed by atoms with E-state index in [1.54, 1.807) is 0 Å². The third kappa shape index (κ3) is 3.54. The van der Waals surface area contributed by atoms with Crippen molar-refractivity contribution in [2.75, 3.05) is 12.3 Å². The molecule has 1 saturated heterocycles. The Kier molecular flexibility index (Phi) is 5.47. The summed E-state index contributed by atoms with van der Waals surface area (Å²) in [5, 5.41) is 3.67. The molecule has 2 rings (SSSR count). The Morgan fingerprint density at radius 1 is 1.35 bits per heavy atom. The van der Waals surface area contributed by atoms with Crippen molar-refractivity contribution in [2.24, 2.45) is 0 Å². The third-order valence-electron chi connectivity index (χ3n) is 3.86. The first kappa shape index (κ1) is 15.8. The lowest BCUT2D eigenvalue weighted by molar-refractivity contribution is 0.446. The van der Waals surface area contributed by atoms with Crippen LogP contribution in [0.25, 0.3) is 0 Å². The first-order chi connectivity index (χ1) is 9.56. The summed E-state index contributed by atoms with van der Waals surface area (Å²) in [6.07, 6.45) is 3.43. The van der Waals surface area contributed by atoms with Crippen molar-refractivity contribution in [3.8, 4) is 0 Å². The van der Waals surface area contributed by atoms with Crippen molar-refractivity contribution >= 4 is 21.4 Å². The van der Waals surface area contributed by atoms with Crippen LogP contribution in [0.4, 0.5) is 0 Å². The molecule has 1 aliphatic rings. The fraction of sp³-hybridized carbons (Fsp3) is 0.600. The van der Waals surface area contributed by atoms with E-state index in [4.69, 9.17) is 11.6 Å². The fourth-order valence-electron chi connectivity index (χ4n) is 2.82. The van der Waals surface area contributed by atoms with E-state index in [0.717, 1.165) is 37.8 Å². The number of hydrogen-bond acceptors (Lipinski definition) is 3. The van der Waals surface area contributed by atoms with Crippen LogP contribution in [-0.4, -0.2) is 26.0 Å². The summed E-state index contributed by atoms with van der Waals surface area (Å²) in [5.74, 6) is 0.298. The average Bonchev–Trinajstić information content (AvgIpc) is 2.42. The number of hydrogen-bond donors (Lipinski definition) is 1.